The highest BCUT2D eigenvalue weighted by atomic mass is 79.9. The van der Waals surface area contributed by atoms with Crippen LogP contribution in [0, 0.1) is 6.92 Å². The van der Waals surface area contributed by atoms with E-state index in [1.807, 2.05) is 19.2 Å². The highest BCUT2D eigenvalue weighted by Gasteiger charge is 2.19. The number of methoxy groups -OCH3 is 1. The molecule has 1 aromatic carbocycles. The third kappa shape index (κ3) is 2.60. The van der Waals surface area contributed by atoms with Crippen molar-refractivity contribution < 1.29 is 4.74 Å². The van der Waals surface area contributed by atoms with Crippen molar-refractivity contribution in [1.29, 1.82) is 0 Å². The molecule has 0 spiro atoms. The number of thiophene rings is 1. The molecule has 0 saturated heterocycles. The van der Waals surface area contributed by atoms with Crippen molar-refractivity contribution in [2.75, 3.05) is 14.2 Å². The van der Waals surface area contributed by atoms with Crippen LogP contribution in [0.2, 0.25) is 0 Å². The summed E-state index contributed by atoms with van der Waals surface area (Å²) in [5, 5.41) is 5.50. The van der Waals surface area contributed by atoms with Gasteiger partial charge in [0.15, 0.2) is 0 Å². The second-order valence-corrected chi connectivity index (χ2v) is 5.94. The Bertz CT molecular complexity index is 538. The van der Waals surface area contributed by atoms with E-state index < -0.39 is 0 Å². The standard InChI is InChI=1S/C14H16BrNOS/c1-9-6-7-18-14(9)13(16-2)11-5-4-10(15)8-12(11)17-3/h4-8,13,16H,1-3H3. The maximum atomic E-state index is 5.48. The van der Waals surface area contributed by atoms with Crippen molar-refractivity contribution in [3.8, 4) is 5.75 Å². The number of aryl methyl sites for hydroxylation is 1. The quantitative estimate of drug-likeness (QED) is 0.912. The molecule has 2 aromatic rings. The van der Waals surface area contributed by atoms with Gasteiger partial charge in [0.2, 0.25) is 0 Å². The Morgan fingerprint density at radius 3 is 2.67 bits per heavy atom. The van der Waals surface area contributed by atoms with Crippen molar-refractivity contribution in [2.24, 2.45) is 0 Å². The highest BCUT2D eigenvalue weighted by molar-refractivity contribution is 9.10. The fourth-order valence-corrected chi connectivity index (χ4v) is 3.43. The topological polar surface area (TPSA) is 21.3 Å². The van der Waals surface area contributed by atoms with E-state index in [2.05, 4.69) is 45.7 Å². The molecule has 1 heterocycles. The number of halogens is 1. The molecule has 1 unspecified atom stereocenters. The SMILES string of the molecule is CNC(c1ccc(Br)cc1OC)c1sccc1C. The van der Waals surface area contributed by atoms with Crippen LogP contribution in [0.25, 0.3) is 0 Å². The number of nitrogens with one attached hydrogen (secondary N) is 1. The minimum absolute atomic E-state index is 0.174. The van der Waals surface area contributed by atoms with E-state index in [4.69, 9.17) is 4.74 Å². The molecule has 2 nitrogen and oxygen atoms in total. The molecule has 2 rings (SSSR count). The van der Waals surface area contributed by atoms with Crippen molar-refractivity contribution in [3.05, 3.63) is 50.1 Å². The molecular formula is C14H16BrNOS. The summed E-state index contributed by atoms with van der Waals surface area (Å²) in [7, 11) is 3.69. The Labute approximate surface area is 120 Å². The predicted molar refractivity (Wildman–Crippen MR) is 80.7 cm³/mol. The van der Waals surface area contributed by atoms with Crippen molar-refractivity contribution in [3.63, 3.8) is 0 Å². The molecule has 0 bridgehead atoms. The van der Waals surface area contributed by atoms with Crippen molar-refractivity contribution in [2.45, 2.75) is 13.0 Å². The maximum Gasteiger partial charge on any atom is 0.125 e. The summed E-state index contributed by atoms with van der Waals surface area (Å²) in [4.78, 5) is 1.33. The van der Waals surface area contributed by atoms with Gasteiger partial charge in [0.25, 0.3) is 0 Å². The lowest BCUT2D eigenvalue weighted by Crippen LogP contribution is -2.18. The van der Waals surface area contributed by atoms with Gasteiger partial charge in [-0.15, -0.1) is 11.3 Å². The van der Waals surface area contributed by atoms with Gasteiger partial charge < -0.3 is 10.1 Å². The summed E-state index contributed by atoms with van der Waals surface area (Å²) in [6.07, 6.45) is 0. The summed E-state index contributed by atoms with van der Waals surface area (Å²) < 4.78 is 6.51. The van der Waals surface area contributed by atoms with Crippen LogP contribution in [-0.2, 0) is 0 Å². The van der Waals surface area contributed by atoms with Gasteiger partial charge in [-0.1, -0.05) is 22.0 Å². The monoisotopic (exact) mass is 325 g/mol. The van der Waals surface area contributed by atoms with E-state index in [0.717, 1.165) is 15.8 Å². The molecule has 0 aliphatic heterocycles. The highest BCUT2D eigenvalue weighted by Crippen LogP contribution is 2.35. The fourth-order valence-electron chi connectivity index (χ4n) is 2.03. The number of hydrogen-bond donors (Lipinski definition) is 1. The van der Waals surface area contributed by atoms with Gasteiger partial charge in [-0.05, 0) is 43.1 Å². The van der Waals surface area contributed by atoms with Crippen LogP contribution >= 0.6 is 27.3 Å². The van der Waals surface area contributed by atoms with Gasteiger partial charge in [0.1, 0.15) is 5.75 Å². The number of hydrogen-bond acceptors (Lipinski definition) is 3. The van der Waals surface area contributed by atoms with Crippen LogP contribution in [0.1, 0.15) is 22.0 Å². The van der Waals surface area contributed by atoms with Gasteiger partial charge in [-0.25, -0.2) is 0 Å². The zero-order valence-corrected chi connectivity index (χ0v) is 13.1. The molecule has 4 heteroatoms. The predicted octanol–water partition coefficient (Wildman–Crippen LogP) is 4.14. The molecule has 96 valence electrons. The van der Waals surface area contributed by atoms with E-state index in [1.54, 1.807) is 18.4 Å². The summed E-state index contributed by atoms with van der Waals surface area (Å²) in [5.74, 6) is 0.900. The van der Waals surface area contributed by atoms with Crippen LogP contribution in [-0.4, -0.2) is 14.2 Å². The number of ether oxygens (including phenoxy) is 1. The van der Waals surface area contributed by atoms with Crippen LogP contribution in [0.5, 0.6) is 5.75 Å². The molecule has 0 aliphatic carbocycles. The Balaban J connectivity index is 2.48. The van der Waals surface area contributed by atoms with E-state index in [0.29, 0.717) is 0 Å². The lowest BCUT2D eigenvalue weighted by molar-refractivity contribution is 0.405. The Morgan fingerprint density at radius 2 is 2.11 bits per heavy atom. The van der Waals surface area contributed by atoms with Gasteiger partial charge in [-0.3, -0.25) is 0 Å². The summed E-state index contributed by atoms with van der Waals surface area (Å²) >= 11 is 5.24. The molecular weight excluding hydrogens is 310 g/mol. The Kier molecular flexibility index (Phi) is 4.43. The first-order chi connectivity index (χ1) is 8.67. The number of rotatable bonds is 4. The Morgan fingerprint density at radius 1 is 1.33 bits per heavy atom. The average Bonchev–Trinajstić information content (AvgIpc) is 2.78. The summed E-state index contributed by atoms with van der Waals surface area (Å²) in [6.45, 7) is 2.14. The van der Waals surface area contributed by atoms with Gasteiger partial charge in [-0.2, -0.15) is 0 Å². The molecule has 1 atom stereocenters. The third-order valence-corrected chi connectivity index (χ3v) is 4.54. The molecule has 18 heavy (non-hydrogen) atoms. The molecule has 1 aromatic heterocycles. The van der Waals surface area contributed by atoms with Gasteiger partial charge in [0.05, 0.1) is 13.2 Å². The molecule has 0 saturated carbocycles. The van der Waals surface area contributed by atoms with Gasteiger partial charge in [0, 0.05) is 14.9 Å². The van der Waals surface area contributed by atoms with Crippen molar-refractivity contribution in [1.82, 2.24) is 5.32 Å². The zero-order valence-electron chi connectivity index (χ0n) is 10.7. The minimum Gasteiger partial charge on any atom is -0.496 e. The first-order valence-electron chi connectivity index (χ1n) is 5.72. The van der Waals surface area contributed by atoms with E-state index in [-0.39, 0.29) is 6.04 Å². The normalized spacial score (nSPS) is 12.4. The van der Waals surface area contributed by atoms with Crippen LogP contribution < -0.4 is 10.1 Å². The molecule has 1 N–H and O–H groups in total. The van der Waals surface area contributed by atoms with E-state index >= 15 is 0 Å². The Hall–Kier alpha value is -0.840. The molecule has 0 fully saturated rings. The van der Waals surface area contributed by atoms with Crippen LogP contribution in [0.15, 0.2) is 34.1 Å². The lowest BCUT2D eigenvalue weighted by Gasteiger charge is -2.19. The minimum atomic E-state index is 0.174. The number of benzene rings is 1. The molecule has 0 aliphatic rings. The van der Waals surface area contributed by atoms with Crippen LogP contribution in [0.3, 0.4) is 0 Å². The maximum absolute atomic E-state index is 5.48. The third-order valence-electron chi connectivity index (χ3n) is 2.96. The van der Waals surface area contributed by atoms with Crippen LogP contribution in [0.4, 0.5) is 0 Å². The zero-order chi connectivity index (χ0) is 13.1. The average molecular weight is 326 g/mol. The second kappa shape index (κ2) is 5.87. The van der Waals surface area contributed by atoms with E-state index in [9.17, 15) is 0 Å². The van der Waals surface area contributed by atoms with Gasteiger partial charge >= 0.3 is 0 Å². The lowest BCUT2D eigenvalue weighted by atomic mass is 10.0. The second-order valence-electron chi connectivity index (χ2n) is 4.08. The van der Waals surface area contributed by atoms with E-state index in [1.165, 1.54) is 10.4 Å². The summed E-state index contributed by atoms with van der Waals surface area (Å²) in [5.41, 5.74) is 2.47. The first kappa shape index (κ1) is 13.6. The first-order valence-corrected chi connectivity index (χ1v) is 7.39. The largest absolute Gasteiger partial charge is 0.496 e. The summed E-state index contributed by atoms with van der Waals surface area (Å²) in [6, 6.07) is 8.47. The molecule has 0 radical (unpaired) electrons. The smallest absolute Gasteiger partial charge is 0.125 e. The van der Waals surface area contributed by atoms with Crippen molar-refractivity contribution >= 4 is 27.3 Å². The molecule has 0 amide bonds. The fraction of sp³-hybridized carbons (Fsp3) is 0.286.